The SMILES string of the molecule is CN(Cc1cnn(C)c1)Cc1c(C(=O)N2CCCCC2)nc2sccn12. The number of fused-ring (bicyclic) bond motifs is 1. The number of imidazole rings is 1. The largest absolute Gasteiger partial charge is 0.337 e. The predicted molar refractivity (Wildman–Crippen MR) is 101 cm³/mol. The average molecular weight is 372 g/mol. The third-order valence-electron chi connectivity index (χ3n) is 4.84. The Morgan fingerprint density at radius 1 is 1.27 bits per heavy atom. The van der Waals surface area contributed by atoms with E-state index in [1.165, 1.54) is 6.42 Å². The molecule has 1 saturated heterocycles. The molecule has 0 atom stereocenters. The Labute approximate surface area is 156 Å². The Morgan fingerprint density at radius 2 is 2.08 bits per heavy atom. The molecule has 0 aromatic carbocycles. The van der Waals surface area contributed by atoms with Crippen LogP contribution in [0.25, 0.3) is 4.96 Å². The van der Waals surface area contributed by atoms with Crippen molar-refractivity contribution in [3.8, 4) is 0 Å². The van der Waals surface area contributed by atoms with E-state index in [9.17, 15) is 4.79 Å². The van der Waals surface area contributed by atoms with E-state index in [-0.39, 0.29) is 5.91 Å². The van der Waals surface area contributed by atoms with Crippen LogP contribution in [0, 0.1) is 0 Å². The van der Waals surface area contributed by atoms with Crippen LogP contribution in [0.15, 0.2) is 24.0 Å². The lowest BCUT2D eigenvalue weighted by Gasteiger charge is -2.26. The van der Waals surface area contributed by atoms with Crippen LogP contribution in [0.3, 0.4) is 0 Å². The van der Waals surface area contributed by atoms with Crippen LogP contribution < -0.4 is 0 Å². The summed E-state index contributed by atoms with van der Waals surface area (Å²) in [6, 6.07) is 0. The normalized spacial score (nSPS) is 15.3. The number of likely N-dealkylation sites (tertiary alicyclic amines) is 1. The highest BCUT2D eigenvalue weighted by Gasteiger charge is 2.26. The Balaban J connectivity index is 1.58. The van der Waals surface area contributed by atoms with Gasteiger partial charge in [-0.25, -0.2) is 4.98 Å². The monoisotopic (exact) mass is 372 g/mol. The molecule has 1 fully saturated rings. The molecule has 0 bridgehead atoms. The minimum absolute atomic E-state index is 0.0744. The van der Waals surface area contributed by atoms with E-state index in [0.717, 1.165) is 48.7 Å². The van der Waals surface area contributed by atoms with Crippen molar-refractivity contribution in [1.29, 1.82) is 0 Å². The molecule has 7 nitrogen and oxygen atoms in total. The number of hydrogen-bond donors (Lipinski definition) is 0. The second kappa shape index (κ2) is 7.20. The first-order chi connectivity index (χ1) is 12.6. The molecule has 3 aromatic rings. The molecule has 4 rings (SSSR count). The molecule has 0 spiro atoms. The van der Waals surface area contributed by atoms with Gasteiger partial charge in [0.05, 0.1) is 11.9 Å². The fourth-order valence-electron chi connectivity index (χ4n) is 3.58. The fourth-order valence-corrected chi connectivity index (χ4v) is 4.31. The van der Waals surface area contributed by atoms with Gasteiger partial charge in [0.25, 0.3) is 5.91 Å². The summed E-state index contributed by atoms with van der Waals surface area (Å²) in [5.41, 5.74) is 2.74. The first-order valence-corrected chi connectivity index (χ1v) is 9.89. The molecule has 1 aliphatic rings. The van der Waals surface area contributed by atoms with Gasteiger partial charge in [0.2, 0.25) is 0 Å². The lowest BCUT2D eigenvalue weighted by atomic mass is 10.1. The first kappa shape index (κ1) is 17.2. The van der Waals surface area contributed by atoms with Gasteiger partial charge < -0.3 is 4.90 Å². The maximum absolute atomic E-state index is 13.1. The number of carbonyl (C=O) groups excluding carboxylic acids is 1. The second-order valence-corrected chi connectivity index (χ2v) is 7.88. The van der Waals surface area contributed by atoms with Crippen LogP contribution in [0.2, 0.25) is 0 Å². The van der Waals surface area contributed by atoms with Gasteiger partial charge >= 0.3 is 0 Å². The van der Waals surface area contributed by atoms with Crippen LogP contribution >= 0.6 is 11.3 Å². The van der Waals surface area contributed by atoms with Gasteiger partial charge in [0, 0.05) is 56.6 Å². The van der Waals surface area contributed by atoms with Crippen LogP contribution in [-0.2, 0) is 20.1 Å². The lowest BCUT2D eigenvalue weighted by Crippen LogP contribution is -2.36. The average Bonchev–Trinajstić information content (AvgIpc) is 3.33. The van der Waals surface area contributed by atoms with Crippen LogP contribution in [-0.4, -0.2) is 55.0 Å². The third-order valence-corrected chi connectivity index (χ3v) is 5.59. The number of hydrogen-bond acceptors (Lipinski definition) is 5. The van der Waals surface area contributed by atoms with Crippen LogP contribution in [0.1, 0.15) is 41.0 Å². The summed E-state index contributed by atoms with van der Waals surface area (Å²) >= 11 is 1.57. The number of amides is 1. The van der Waals surface area contributed by atoms with Crippen molar-refractivity contribution in [3.05, 3.63) is 40.9 Å². The van der Waals surface area contributed by atoms with Crippen molar-refractivity contribution >= 4 is 22.2 Å². The van der Waals surface area contributed by atoms with Gasteiger partial charge in [-0.3, -0.25) is 18.8 Å². The van der Waals surface area contributed by atoms with E-state index in [4.69, 9.17) is 0 Å². The highest BCUT2D eigenvalue weighted by Crippen LogP contribution is 2.22. The smallest absolute Gasteiger partial charge is 0.274 e. The molecule has 0 aliphatic carbocycles. The number of aryl methyl sites for hydroxylation is 1. The molecule has 26 heavy (non-hydrogen) atoms. The number of carbonyl (C=O) groups is 1. The summed E-state index contributed by atoms with van der Waals surface area (Å²) < 4.78 is 3.87. The zero-order valence-electron chi connectivity index (χ0n) is 15.3. The molecule has 1 amide bonds. The molecule has 0 radical (unpaired) electrons. The highest BCUT2D eigenvalue weighted by molar-refractivity contribution is 7.15. The molecule has 4 heterocycles. The molecule has 138 valence electrons. The van der Waals surface area contributed by atoms with Crippen molar-refractivity contribution < 1.29 is 4.79 Å². The summed E-state index contributed by atoms with van der Waals surface area (Å²) in [5, 5.41) is 6.24. The van der Waals surface area contributed by atoms with E-state index >= 15 is 0 Å². The summed E-state index contributed by atoms with van der Waals surface area (Å²) in [4.78, 5) is 22.8. The Kier molecular flexibility index (Phi) is 4.78. The number of nitrogens with zero attached hydrogens (tertiary/aromatic N) is 6. The van der Waals surface area contributed by atoms with Gasteiger partial charge in [-0.05, 0) is 26.3 Å². The van der Waals surface area contributed by atoms with Gasteiger partial charge in [0.15, 0.2) is 10.7 Å². The zero-order chi connectivity index (χ0) is 18.1. The van der Waals surface area contributed by atoms with E-state index in [1.807, 2.05) is 40.6 Å². The van der Waals surface area contributed by atoms with Crippen molar-refractivity contribution in [2.75, 3.05) is 20.1 Å². The predicted octanol–water partition coefficient (Wildman–Crippen LogP) is 2.39. The Morgan fingerprint density at radius 3 is 2.81 bits per heavy atom. The summed E-state index contributed by atoms with van der Waals surface area (Å²) in [5.74, 6) is 0.0744. The topological polar surface area (TPSA) is 58.7 Å². The van der Waals surface area contributed by atoms with E-state index in [1.54, 1.807) is 11.3 Å². The zero-order valence-corrected chi connectivity index (χ0v) is 16.1. The molecular weight excluding hydrogens is 348 g/mol. The molecule has 0 N–H and O–H groups in total. The summed E-state index contributed by atoms with van der Waals surface area (Å²) in [6.45, 7) is 3.13. The maximum atomic E-state index is 13.1. The second-order valence-electron chi connectivity index (χ2n) is 7.01. The van der Waals surface area contributed by atoms with Gasteiger partial charge in [-0.1, -0.05) is 0 Å². The molecule has 3 aromatic heterocycles. The van der Waals surface area contributed by atoms with Gasteiger partial charge in [0.1, 0.15) is 0 Å². The van der Waals surface area contributed by atoms with Crippen LogP contribution in [0.5, 0.6) is 0 Å². The minimum atomic E-state index is 0.0744. The van der Waals surface area contributed by atoms with E-state index < -0.39 is 0 Å². The maximum Gasteiger partial charge on any atom is 0.274 e. The molecule has 0 saturated carbocycles. The van der Waals surface area contributed by atoms with Crippen molar-refractivity contribution in [1.82, 2.24) is 29.0 Å². The molecule has 8 heteroatoms. The Hall–Kier alpha value is -2.19. The van der Waals surface area contributed by atoms with Crippen molar-refractivity contribution in [2.24, 2.45) is 7.05 Å². The number of rotatable bonds is 5. The standard InChI is InChI=1S/C18H24N6OS/c1-21(11-14-10-19-22(2)12-14)13-15-16(20-18-24(15)8-9-26-18)17(25)23-6-4-3-5-7-23/h8-10,12H,3-7,11,13H2,1-2H3. The fraction of sp³-hybridized carbons (Fsp3) is 0.500. The van der Waals surface area contributed by atoms with Gasteiger partial charge in [-0.15, -0.1) is 11.3 Å². The lowest BCUT2D eigenvalue weighted by molar-refractivity contribution is 0.0716. The molecule has 0 unspecified atom stereocenters. The number of thiazole rings is 1. The first-order valence-electron chi connectivity index (χ1n) is 9.01. The Bertz CT molecular complexity index is 904. The van der Waals surface area contributed by atoms with Crippen molar-refractivity contribution in [2.45, 2.75) is 32.4 Å². The van der Waals surface area contributed by atoms with Gasteiger partial charge in [-0.2, -0.15) is 5.10 Å². The van der Waals surface area contributed by atoms with E-state index in [0.29, 0.717) is 12.2 Å². The van der Waals surface area contributed by atoms with Crippen molar-refractivity contribution in [3.63, 3.8) is 0 Å². The number of aromatic nitrogens is 4. The molecular formula is C18H24N6OS. The molecule has 1 aliphatic heterocycles. The van der Waals surface area contributed by atoms with Crippen LogP contribution in [0.4, 0.5) is 0 Å². The number of piperidine rings is 1. The highest BCUT2D eigenvalue weighted by atomic mass is 32.1. The summed E-state index contributed by atoms with van der Waals surface area (Å²) in [7, 11) is 3.98. The third kappa shape index (κ3) is 3.39. The summed E-state index contributed by atoms with van der Waals surface area (Å²) in [6.07, 6.45) is 9.30. The minimum Gasteiger partial charge on any atom is -0.337 e. The van der Waals surface area contributed by atoms with E-state index in [2.05, 4.69) is 26.4 Å². The quantitative estimate of drug-likeness (QED) is 0.690.